The van der Waals surface area contributed by atoms with E-state index in [1.54, 1.807) is 31.4 Å². The molecule has 0 saturated carbocycles. The molecule has 0 bridgehead atoms. The molecule has 0 unspecified atom stereocenters. The van der Waals surface area contributed by atoms with Crippen molar-refractivity contribution in [2.45, 2.75) is 6.92 Å². The van der Waals surface area contributed by atoms with Crippen molar-refractivity contribution in [3.8, 4) is 11.5 Å². The van der Waals surface area contributed by atoms with Gasteiger partial charge in [-0.25, -0.2) is 0 Å². The van der Waals surface area contributed by atoms with Gasteiger partial charge in [0.1, 0.15) is 16.7 Å². The molecule has 2 rings (SSSR count). The fourth-order valence-corrected chi connectivity index (χ4v) is 3.31. The van der Waals surface area contributed by atoms with Crippen molar-refractivity contribution in [1.29, 1.82) is 0 Å². The second-order valence-corrected chi connectivity index (χ2v) is 6.66. The summed E-state index contributed by atoms with van der Waals surface area (Å²) in [6, 6.07) is 5.36. The zero-order chi connectivity index (χ0) is 17.7. The average molecular weight is 363 g/mol. The number of amides is 1. The lowest BCUT2D eigenvalue weighted by molar-refractivity contribution is -0.126. The third-order valence-corrected chi connectivity index (χ3v) is 4.47. The fourth-order valence-electron chi connectivity index (χ4n) is 2.05. The molecule has 1 amide bonds. The number of hydrogen-bond donors (Lipinski definition) is 0. The Bertz CT molecular complexity index is 727. The second-order valence-electron chi connectivity index (χ2n) is 4.98. The van der Waals surface area contributed by atoms with E-state index in [2.05, 4.69) is 6.58 Å². The summed E-state index contributed by atoms with van der Waals surface area (Å²) in [6.07, 6.45) is 3.37. The van der Waals surface area contributed by atoms with Crippen LogP contribution in [0.25, 0.3) is 6.08 Å². The number of nitrogens with zero attached hydrogens (tertiary/aromatic N) is 1. The first-order chi connectivity index (χ1) is 11.5. The quantitative estimate of drug-likeness (QED) is 0.422. The zero-order valence-electron chi connectivity index (χ0n) is 13.4. The highest BCUT2D eigenvalue weighted by atomic mass is 32.2. The minimum atomic E-state index is -0.258. The number of ketones is 1. The van der Waals surface area contributed by atoms with Crippen molar-refractivity contribution in [3.05, 3.63) is 41.3 Å². The van der Waals surface area contributed by atoms with Gasteiger partial charge in [0.25, 0.3) is 5.91 Å². The van der Waals surface area contributed by atoms with E-state index in [4.69, 9.17) is 21.7 Å². The van der Waals surface area contributed by atoms with Gasteiger partial charge in [-0.3, -0.25) is 14.5 Å². The monoisotopic (exact) mass is 363 g/mol. The number of thiocarbonyl (C=S) groups is 1. The molecule has 1 fully saturated rings. The molecule has 0 aromatic heterocycles. The molecule has 126 valence electrons. The van der Waals surface area contributed by atoms with Crippen molar-refractivity contribution in [3.63, 3.8) is 0 Å². The number of methoxy groups -OCH3 is 1. The Morgan fingerprint density at radius 2 is 2.17 bits per heavy atom. The molecular formula is C17H17NO4S2. The van der Waals surface area contributed by atoms with Crippen LogP contribution in [0.15, 0.2) is 35.8 Å². The lowest BCUT2D eigenvalue weighted by Crippen LogP contribution is -2.32. The predicted octanol–water partition coefficient (Wildman–Crippen LogP) is 3.05. The molecule has 1 aromatic carbocycles. The Labute approximate surface area is 150 Å². The topological polar surface area (TPSA) is 55.8 Å². The van der Waals surface area contributed by atoms with Crippen LogP contribution in [-0.2, 0) is 9.59 Å². The Kier molecular flexibility index (Phi) is 6.16. The standard InChI is InChI=1S/C17H17NO4S2/c1-4-7-22-13-6-5-12(8-14(13)21-3)9-15-16(20)18(10-11(2)19)17(23)24-15/h4-6,8-9H,1,7,10H2,2-3H3/b15-9-. The molecule has 24 heavy (non-hydrogen) atoms. The number of rotatable bonds is 7. The predicted molar refractivity (Wildman–Crippen MR) is 99.2 cm³/mol. The zero-order valence-corrected chi connectivity index (χ0v) is 15.0. The van der Waals surface area contributed by atoms with Crippen LogP contribution in [0, 0.1) is 0 Å². The van der Waals surface area contributed by atoms with Crippen LogP contribution >= 0.6 is 24.0 Å². The summed E-state index contributed by atoms with van der Waals surface area (Å²) in [5.74, 6) is 0.785. The number of carbonyl (C=O) groups excluding carboxylic acids is 2. The Morgan fingerprint density at radius 3 is 2.79 bits per heavy atom. The van der Waals surface area contributed by atoms with Crippen LogP contribution in [0.2, 0.25) is 0 Å². The largest absolute Gasteiger partial charge is 0.493 e. The Morgan fingerprint density at radius 1 is 1.42 bits per heavy atom. The first-order valence-electron chi connectivity index (χ1n) is 7.12. The number of ether oxygens (including phenoxy) is 2. The molecule has 1 aliphatic rings. The molecule has 0 aliphatic carbocycles. The molecule has 1 aliphatic heterocycles. The van der Waals surface area contributed by atoms with Crippen LogP contribution in [0.5, 0.6) is 11.5 Å². The van der Waals surface area contributed by atoms with E-state index in [9.17, 15) is 9.59 Å². The molecule has 0 spiro atoms. The molecule has 0 atom stereocenters. The first-order valence-corrected chi connectivity index (χ1v) is 8.35. The summed E-state index contributed by atoms with van der Waals surface area (Å²) in [5.41, 5.74) is 0.779. The van der Waals surface area contributed by atoms with E-state index in [1.807, 2.05) is 6.07 Å². The fraction of sp³-hybridized carbons (Fsp3) is 0.235. The number of Topliss-reactive ketones (excluding diaryl/α,β-unsaturated/α-hetero) is 1. The summed E-state index contributed by atoms with van der Waals surface area (Å²) in [7, 11) is 1.55. The van der Waals surface area contributed by atoms with E-state index in [0.29, 0.717) is 27.3 Å². The van der Waals surface area contributed by atoms with Gasteiger partial charge in [0.05, 0.1) is 18.6 Å². The first kappa shape index (κ1) is 18.2. The molecule has 7 heteroatoms. The lowest BCUT2D eigenvalue weighted by Gasteiger charge is -2.11. The summed E-state index contributed by atoms with van der Waals surface area (Å²) < 4.78 is 11.2. The number of thioether (sulfide) groups is 1. The summed E-state index contributed by atoms with van der Waals surface area (Å²) in [5, 5.41) is 0. The average Bonchev–Trinajstić information content (AvgIpc) is 2.80. The highest BCUT2D eigenvalue weighted by Crippen LogP contribution is 2.34. The van der Waals surface area contributed by atoms with Gasteiger partial charge in [-0.05, 0) is 30.7 Å². The smallest absolute Gasteiger partial charge is 0.266 e. The number of benzene rings is 1. The van der Waals surface area contributed by atoms with E-state index < -0.39 is 0 Å². The van der Waals surface area contributed by atoms with Crippen LogP contribution in [-0.4, -0.2) is 41.2 Å². The second kappa shape index (κ2) is 8.12. The number of hydrogen-bond acceptors (Lipinski definition) is 6. The maximum absolute atomic E-state index is 12.3. The van der Waals surface area contributed by atoms with E-state index >= 15 is 0 Å². The maximum atomic E-state index is 12.3. The van der Waals surface area contributed by atoms with Gasteiger partial charge in [-0.15, -0.1) is 0 Å². The van der Waals surface area contributed by atoms with Gasteiger partial charge in [0.2, 0.25) is 0 Å². The Balaban J connectivity index is 2.25. The SMILES string of the molecule is C=CCOc1ccc(/C=C2\SC(=S)N(CC(C)=O)C2=O)cc1OC. The molecular weight excluding hydrogens is 346 g/mol. The van der Waals surface area contributed by atoms with Gasteiger partial charge in [0.15, 0.2) is 11.5 Å². The van der Waals surface area contributed by atoms with E-state index in [-0.39, 0.29) is 18.2 Å². The molecule has 1 aromatic rings. The van der Waals surface area contributed by atoms with Crippen LogP contribution in [0.4, 0.5) is 0 Å². The van der Waals surface area contributed by atoms with Crippen LogP contribution in [0.1, 0.15) is 12.5 Å². The van der Waals surface area contributed by atoms with Gasteiger partial charge >= 0.3 is 0 Å². The molecule has 0 radical (unpaired) electrons. The van der Waals surface area contributed by atoms with Gasteiger partial charge in [0, 0.05) is 0 Å². The van der Waals surface area contributed by atoms with Gasteiger partial charge < -0.3 is 9.47 Å². The minimum Gasteiger partial charge on any atom is -0.493 e. The van der Waals surface area contributed by atoms with E-state index in [0.717, 1.165) is 5.56 Å². The van der Waals surface area contributed by atoms with E-state index in [1.165, 1.54) is 23.6 Å². The van der Waals surface area contributed by atoms with Crippen LogP contribution in [0.3, 0.4) is 0 Å². The van der Waals surface area contributed by atoms with Crippen molar-refractivity contribution in [2.24, 2.45) is 0 Å². The maximum Gasteiger partial charge on any atom is 0.266 e. The summed E-state index contributed by atoms with van der Waals surface area (Å²) >= 11 is 6.35. The number of carbonyl (C=O) groups is 2. The molecule has 1 heterocycles. The van der Waals surface area contributed by atoms with Crippen molar-refractivity contribution < 1.29 is 19.1 Å². The van der Waals surface area contributed by atoms with Gasteiger partial charge in [-0.1, -0.05) is 42.7 Å². The van der Waals surface area contributed by atoms with Crippen molar-refractivity contribution in [2.75, 3.05) is 20.3 Å². The van der Waals surface area contributed by atoms with Crippen molar-refractivity contribution >= 4 is 46.1 Å². The normalized spacial score (nSPS) is 15.8. The van der Waals surface area contributed by atoms with Crippen LogP contribution < -0.4 is 9.47 Å². The molecule has 5 nitrogen and oxygen atoms in total. The third kappa shape index (κ3) is 4.24. The highest BCUT2D eigenvalue weighted by molar-refractivity contribution is 8.26. The summed E-state index contributed by atoms with van der Waals surface area (Å²) in [6.45, 7) is 5.40. The minimum absolute atomic E-state index is 0.000338. The summed E-state index contributed by atoms with van der Waals surface area (Å²) in [4.78, 5) is 25.4. The molecule has 0 N–H and O–H groups in total. The highest BCUT2D eigenvalue weighted by Gasteiger charge is 2.32. The van der Waals surface area contributed by atoms with Gasteiger partial charge in [-0.2, -0.15) is 0 Å². The molecule has 1 saturated heterocycles. The Hall–Kier alpha value is -2.12. The lowest BCUT2D eigenvalue weighted by atomic mass is 10.2. The van der Waals surface area contributed by atoms with Crippen molar-refractivity contribution in [1.82, 2.24) is 4.90 Å². The third-order valence-electron chi connectivity index (χ3n) is 3.10.